The van der Waals surface area contributed by atoms with E-state index in [0.29, 0.717) is 30.1 Å². The molecule has 2 aliphatic rings. The quantitative estimate of drug-likeness (QED) is 0.614. The Hall–Kier alpha value is -1.96. The van der Waals surface area contributed by atoms with Crippen molar-refractivity contribution in [2.45, 2.75) is 50.5 Å². The molecular weight excluding hydrogens is 420 g/mol. The minimum Gasteiger partial charge on any atom is -0.393 e. The van der Waals surface area contributed by atoms with Crippen LogP contribution in [0.25, 0.3) is 0 Å². The zero-order chi connectivity index (χ0) is 22.6. The third-order valence-corrected chi connectivity index (χ3v) is 6.95. The van der Waals surface area contributed by atoms with E-state index in [2.05, 4.69) is 0 Å². The van der Waals surface area contributed by atoms with Crippen LogP contribution in [-0.4, -0.2) is 72.1 Å². The Labute approximate surface area is 188 Å². The Bertz CT molecular complexity index is 824. The molecule has 1 aromatic carbocycles. The molecule has 2 atom stereocenters. The van der Waals surface area contributed by atoms with Gasteiger partial charge < -0.3 is 14.7 Å². The van der Waals surface area contributed by atoms with Crippen molar-refractivity contribution in [3.8, 4) is 0 Å². The van der Waals surface area contributed by atoms with Crippen LogP contribution in [0.15, 0.2) is 24.3 Å². The van der Waals surface area contributed by atoms with E-state index < -0.39 is 11.3 Å². The number of aliphatic hydroxyl groups excluding tert-OH is 1. The first-order valence-electron chi connectivity index (χ1n) is 10.9. The smallest absolute Gasteiger partial charge is 0.241 e. The summed E-state index contributed by atoms with van der Waals surface area (Å²) in [5, 5.41) is 10.5. The third kappa shape index (κ3) is 4.78. The molecule has 1 N–H and O–H groups in total. The molecule has 31 heavy (non-hydrogen) atoms. The molecule has 0 radical (unpaired) electrons. The van der Waals surface area contributed by atoms with E-state index in [9.17, 15) is 19.5 Å². The number of carbonyl (C=O) groups excluding carboxylic acids is 3. The maximum atomic E-state index is 13.5. The highest BCUT2D eigenvalue weighted by Crippen LogP contribution is 2.43. The number of benzene rings is 1. The molecule has 3 amide bonds. The lowest BCUT2D eigenvalue weighted by molar-refractivity contribution is -0.143. The van der Waals surface area contributed by atoms with Crippen LogP contribution in [0.4, 0.5) is 0 Å². The summed E-state index contributed by atoms with van der Waals surface area (Å²) in [6.07, 6.45) is 1.61. The van der Waals surface area contributed by atoms with E-state index in [4.69, 9.17) is 16.3 Å². The van der Waals surface area contributed by atoms with Crippen LogP contribution in [0.2, 0.25) is 5.02 Å². The molecule has 0 spiro atoms. The largest absolute Gasteiger partial charge is 0.393 e. The summed E-state index contributed by atoms with van der Waals surface area (Å²) in [7, 11) is 1.51. The number of rotatable bonds is 8. The molecule has 2 fully saturated rings. The van der Waals surface area contributed by atoms with Gasteiger partial charge in [-0.15, -0.1) is 0 Å². The van der Waals surface area contributed by atoms with Gasteiger partial charge in [0.15, 0.2) is 0 Å². The van der Waals surface area contributed by atoms with Gasteiger partial charge in [0.2, 0.25) is 17.7 Å². The molecule has 0 aliphatic carbocycles. The van der Waals surface area contributed by atoms with Gasteiger partial charge in [-0.3, -0.25) is 19.3 Å². The highest BCUT2D eigenvalue weighted by atomic mass is 35.5. The second kappa shape index (κ2) is 10.1. The molecule has 7 nitrogen and oxygen atoms in total. The predicted molar refractivity (Wildman–Crippen MR) is 117 cm³/mol. The van der Waals surface area contributed by atoms with E-state index in [1.54, 1.807) is 29.2 Å². The lowest BCUT2D eigenvalue weighted by atomic mass is 9.75. The Morgan fingerprint density at radius 2 is 1.97 bits per heavy atom. The Morgan fingerprint density at radius 1 is 1.29 bits per heavy atom. The average molecular weight is 451 g/mol. The van der Waals surface area contributed by atoms with E-state index in [1.165, 1.54) is 12.0 Å². The van der Waals surface area contributed by atoms with Crippen LogP contribution < -0.4 is 0 Å². The molecule has 2 saturated heterocycles. The van der Waals surface area contributed by atoms with Gasteiger partial charge in [0.1, 0.15) is 0 Å². The predicted octanol–water partition coefficient (Wildman–Crippen LogP) is 2.38. The zero-order valence-electron chi connectivity index (χ0n) is 18.2. The molecule has 0 saturated carbocycles. The number of hydrogen-bond donors (Lipinski definition) is 1. The van der Waals surface area contributed by atoms with Crippen molar-refractivity contribution in [1.29, 1.82) is 0 Å². The average Bonchev–Trinajstić information content (AvgIpc) is 3.01. The van der Waals surface area contributed by atoms with E-state index in [0.717, 1.165) is 12.8 Å². The maximum Gasteiger partial charge on any atom is 0.241 e. The van der Waals surface area contributed by atoms with Gasteiger partial charge >= 0.3 is 0 Å². The van der Waals surface area contributed by atoms with Gasteiger partial charge in [0.05, 0.1) is 24.7 Å². The zero-order valence-corrected chi connectivity index (χ0v) is 18.9. The summed E-state index contributed by atoms with van der Waals surface area (Å²) >= 11 is 6.44. The van der Waals surface area contributed by atoms with Crippen LogP contribution in [0.3, 0.4) is 0 Å². The first-order chi connectivity index (χ1) is 14.8. The summed E-state index contributed by atoms with van der Waals surface area (Å²) in [6, 6.07) is 6.93. The molecule has 0 bridgehead atoms. The van der Waals surface area contributed by atoms with Crippen LogP contribution in [-0.2, 0) is 24.5 Å². The minimum absolute atomic E-state index is 0.0873. The number of methoxy groups -OCH3 is 1. The van der Waals surface area contributed by atoms with Crippen molar-refractivity contribution < 1.29 is 24.2 Å². The number of aliphatic hydroxyl groups is 1. The summed E-state index contributed by atoms with van der Waals surface area (Å²) in [5.74, 6) is -0.697. The lowest BCUT2D eigenvalue weighted by Crippen LogP contribution is -2.46. The standard InChI is InChI=1S/C23H31ClN2O5/c1-3-19(27)16-8-10-25(11-9-16)20(28)14-23(17-6-4-5-7-18(17)24)15-21(29)26(22(23)30)12-13-31-2/h4-7,16,19,27H,3,8-15H2,1-2H3/t19-,23-/m0/s1. The van der Waals surface area contributed by atoms with Crippen LogP contribution in [0.1, 0.15) is 44.6 Å². The van der Waals surface area contributed by atoms with Crippen molar-refractivity contribution in [2.75, 3.05) is 33.4 Å². The Kier molecular flexibility index (Phi) is 7.73. The molecule has 2 heterocycles. The van der Waals surface area contributed by atoms with Crippen LogP contribution >= 0.6 is 11.6 Å². The van der Waals surface area contributed by atoms with Crippen molar-refractivity contribution in [2.24, 2.45) is 5.92 Å². The summed E-state index contributed by atoms with van der Waals surface area (Å²) in [6.45, 7) is 3.41. The number of amides is 3. The minimum atomic E-state index is -1.31. The SMILES string of the molecule is CC[C@H](O)C1CCN(C(=O)C[C@@]2(c3ccccc3Cl)CC(=O)N(CCOC)C2=O)CC1. The molecule has 0 aromatic heterocycles. The summed E-state index contributed by atoms with van der Waals surface area (Å²) in [5.41, 5.74) is -0.792. The molecule has 170 valence electrons. The number of likely N-dealkylation sites (tertiary alicyclic amines) is 2. The van der Waals surface area contributed by atoms with Crippen molar-refractivity contribution in [1.82, 2.24) is 9.80 Å². The fourth-order valence-electron chi connectivity index (χ4n) is 4.74. The molecular formula is C23H31ClN2O5. The van der Waals surface area contributed by atoms with E-state index in [-0.39, 0.29) is 49.8 Å². The number of halogens is 1. The van der Waals surface area contributed by atoms with Gasteiger partial charge in [-0.2, -0.15) is 0 Å². The first-order valence-corrected chi connectivity index (χ1v) is 11.3. The van der Waals surface area contributed by atoms with Gasteiger partial charge in [0.25, 0.3) is 0 Å². The molecule has 2 aliphatic heterocycles. The number of imide groups is 1. The number of hydrogen-bond acceptors (Lipinski definition) is 5. The second-order valence-electron chi connectivity index (χ2n) is 8.45. The fourth-order valence-corrected chi connectivity index (χ4v) is 5.06. The summed E-state index contributed by atoms with van der Waals surface area (Å²) in [4.78, 5) is 42.4. The fraction of sp³-hybridized carbons (Fsp3) is 0.609. The van der Waals surface area contributed by atoms with Crippen molar-refractivity contribution >= 4 is 29.3 Å². The normalized spacial score (nSPS) is 23.5. The Morgan fingerprint density at radius 3 is 2.58 bits per heavy atom. The lowest BCUT2D eigenvalue weighted by Gasteiger charge is -2.36. The molecule has 3 rings (SSSR count). The number of ether oxygens (including phenoxy) is 1. The monoisotopic (exact) mass is 450 g/mol. The summed E-state index contributed by atoms with van der Waals surface area (Å²) < 4.78 is 5.05. The van der Waals surface area contributed by atoms with Crippen molar-refractivity contribution in [3.63, 3.8) is 0 Å². The molecule has 1 aromatic rings. The van der Waals surface area contributed by atoms with Crippen LogP contribution in [0.5, 0.6) is 0 Å². The maximum absolute atomic E-state index is 13.5. The van der Waals surface area contributed by atoms with Gasteiger partial charge in [-0.1, -0.05) is 36.7 Å². The first kappa shape index (κ1) is 23.7. The van der Waals surface area contributed by atoms with Crippen LogP contribution in [0, 0.1) is 5.92 Å². The third-order valence-electron chi connectivity index (χ3n) is 6.62. The number of carbonyl (C=O) groups is 3. The van der Waals surface area contributed by atoms with Gasteiger partial charge in [0, 0.05) is 38.1 Å². The molecule has 0 unspecified atom stereocenters. The number of nitrogens with zero attached hydrogens (tertiary/aromatic N) is 2. The van der Waals surface area contributed by atoms with Crippen molar-refractivity contribution in [3.05, 3.63) is 34.9 Å². The topological polar surface area (TPSA) is 87.2 Å². The molecule has 8 heteroatoms. The van der Waals surface area contributed by atoms with Gasteiger partial charge in [-0.25, -0.2) is 0 Å². The van der Waals surface area contributed by atoms with E-state index >= 15 is 0 Å². The van der Waals surface area contributed by atoms with Gasteiger partial charge in [-0.05, 0) is 36.8 Å². The Balaban J connectivity index is 1.84. The number of piperidine rings is 1. The van der Waals surface area contributed by atoms with E-state index in [1.807, 2.05) is 6.92 Å². The second-order valence-corrected chi connectivity index (χ2v) is 8.86. The highest BCUT2D eigenvalue weighted by molar-refractivity contribution is 6.32. The highest BCUT2D eigenvalue weighted by Gasteiger charge is 2.54.